The van der Waals surface area contributed by atoms with Crippen molar-refractivity contribution in [2.45, 2.75) is 24.1 Å². The second kappa shape index (κ2) is 7.39. The van der Waals surface area contributed by atoms with Gasteiger partial charge in [-0.1, -0.05) is 0 Å². The summed E-state index contributed by atoms with van der Waals surface area (Å²) in [5, 5.41) is 34.2. The third kappa shape index (κ3) is 3.22. The third-order valence-electron chi connectivity index (χ3n) is 4.05. The van der Waals surface area contributed by atoms with Crippen LogP contribution in [0.5, 0.6) is 0 Å². The number of fused-ring (bicyclic) bond motifs is 1. The molecule has 1 aliphatic rings. The van der Waals surface area contributed by atoms with Gasteiger partial charge in [-0.15, -0.1) is 0 Å². The largest absolute Gasteiger partial charge is 0.511 e. The number of nitriles is 1. The van der Waals surface area contributed by atoms with Crippen LogP contribution in [-0.2, 0) is 14.2 Å². The zero-order valence-electron chi connectivity index (χ0n) is 15.3. The van der Waals surface area contributed by atoms with E-state index in [0.29, 0.717) is 17.0 Å². The normalized spacial score (nSPS) is 27.1. The fourth-order valence-corrected chi connectivity index (χ4v) is 2.74. The summed E-state index contributed by atoms with van der Waals surface area (Å²) in [6.07, 6.45) is -3.05. The molecule has 2 aromatic heterocycles. The highest BCUT2D eigenvalue weighted by Gasteiger charge is 2.59. The van der Waals surface area contributed by atoms with Gasteiger partial charge in [0.05, 0.1) is 19.1 Å². The van der Waals surface area contributed by atoms with Crippen molar-refractivity contribution in [3.63, 3.8) is 0 Å². The van der Waals surface area contributed by atoms with Gasteiger partial charge in [0.25, 0.3) is 0 Å². The Bertz CT molecular complexity index is 953. The lowest BCUT2D eigenvalue weighted by Crippen LogP contribution is -2.45. The number of carbonyl (C=O) groups is 1. The molecule has 0 aliphatic carbocycles. The van der Waals surface area contributed by atoms with Crippen LogP contribution in [0.25, 0.3) is 5.52 Å². The fourth-order valence-electron chi connectivity index (χ4n) is 2.74. The number of aliphatic hydroxyl groups excluding tert-OH is 2. The lowest BCUT2D eigenvalue weighted by molar-refractivity contribution is -0.197. The van der Waals surface area contributed by atoms with E-state index in [1.807, 2.05) is 0 Å². The van der Waals surface area contributed by atoms with Crippen LogP contribution in [0, 0.1) is 11.3 Å². The minimum Gasteiger partial charge on any atom is -0.438 e. The topological polar surface area (TPSA) is 155 Å². The number of carbonyl (C=O) groups excluding carboxylic acids is 1. The molecule has 3 heterocycles. The van der Waals surface area contributed by atoms with E-state index in [1.54, 1.807) is 43.5 Å². The summed E-state index contributed by atoms with van der Waals surface area (Å²) in [5.74, 6) is -2.07. The Kier molecular flexibility index (Phi) is 5.14. The Labute approximate surface area is 159 Å². The van der Waals surface area contributed by atoms with E-state index >= 15 is 0 Å². The molecule has 28 heavy (non-hydrogen) atoms. The molecule has 1 saturated heterocycles. The highest BCUT2D eigenvalue weighted by molar-refractivity contribution is 5.71. The van der Waals surface area contributed by atoms with Gasteiger partial charge in [0.2, 0.25) is 0 Å². The maximum Gasteiger partial charge on any atom is 0.511 e. The molecule has 2 N–H and O–H groups in total. The number of hydrogen-bond donors (Lipinski definition) is 2. The average Bonchev–Trinajstić information content (AvgIpc) is 3.21. The molecule has 0 saturated carbocycles. The molecule has 0 radical (unpaired) electrons. The fraction of sp³-hybridized carbons (Fsp3) is 0.438. The molecule has 4 atom stereocenters. The van der Waals surface area contributed by atoms with E-state index in [1.165, 1.54) is 10.8 Å². The number of hydrogen-bond acceptors (Lipinski definition) is 10. The van der Waals surface area contributed by atoms with Gasteiger partial charge in [0, 0.05) is 14.1 Å². The van der Waals surface area contributed by atoms with Gasteiger partial charge in [0.1, 0.15) is 30.1 Å². The summed E-state index contributed by atoms with van der Waals surface area (Å²) in [6.45, 7) is 0. The Morgan fingerprint density at radius 2 is 2.25 bits per heavy atom. The van der Waals surface area contributed by atoms with Crippen molar-refractivity contribution >= 4 is 23.8 Å². The number of ether oxygens (including phenoxy) is 3. The number of aliphatic imine (C=N–C) groups is 1. The number of aromatic nitrogens is 3. The van der Waals surface area contributed by atoms with Gasteiger partial charge in [-0.2, -0.15) is 10.4 Å². The van der Waals surface area contributed by atoms with Crippen LogP contribution in [0.3, 0.4) is 0 Å². The molecule has 0 spiro atoms. The first-order valence-electron chi connectivity index (χ1n) is 8.08. The molecule has 0 unspecified atom stereocenters. The summed E-state index contributed by atoms with van der Waals surface area (Å²) in [6, 6.07) is 4.80. The summed E-state index contributed by atoms with van der Waals surface area (Å²) >= 11 is 0. The molecule has 12 heteroatoms. The number of methoxy groups -OCH3 is 1. The Balaban J connectivity index is 2.00. The lowest BCUT2D eigenvalue weighted by Gasteiger charge is -2.22. The smallest absolute Gasteiger partial charge is 0.438 e. The molecule has 0 bridgehead atoms. The summed E-state index contributed by atoms with van der Waals surface area (Å²) < 4.78 is 16.0. The zero-order chi connectivity index (χ0) is 20.5. The number of rotatable bonds is 4. The van der Waals surface area contributed by atoms with Crippen LogP contribution in [0.4, 0.5) is 10.6 Å². The summed E-state index contributed by atoms with van der Waals surface area (Å²) in [7, 11) is 4.65. The predicted molar refractivity (Wildman–Crippen MR) is 92.5 cm³/mol. The van der Waals surface area contributed by atoms with Crippen LogP contribution in [0.2, 0.25) is 0 Å². The molecule has 0 aromatic carbocycles. The van der Waals surface area contributed by atoms with Gasteiger partial charge in [0.15, 0.2) is 11.9 Å². The van der Waals surface area contributed by atoms with Crippen molar-refractivity contribution in [2.24, 2.45) is 4.99 Å². The van der Waals surface area contributed by atoms with E-state index in [0.717, 1.165) is 7.11 Å². The SMILES string of the molecule is COC(=O)O[C@@]1(C#N)O[C@@H](c2ccc3c(/N=C\N(C)C)ncnn23)[C@H](O)[C@@H]1O. The quantitative estimate of drug-likeness (QED) is 0.405. The Morgan fingerprint density at radius 1 is 1.50 bits per heavy atom. The van der Waals surface area contributed by atoms with Crippen LogP contribution in [0.1, 0.15) is 11.8 Å². The van der Waals surface area contributed by atoms with Crippen molar-refractivity contribution < 1.29 is 29.2 Å². The molecule has 0 amide bonds. The minimum absolute atomic E-state index is 0.302. The maximum atomic E-state index is 11.4. The highest BCUT2D eigenvalue weighted by atomic mass is 16.8. The molecular formula is C16H18N6O6. The van der Waals surface area contributed by atoms with Crippen LogP contribution in [0.15, 0.2) is 23.5 Å². The van der Waals surface area contributed by atoms with Crippen LogP contribution in [-0.4, -0.2) is 81.4 Å². The van der Waals surface area contributed by atoms with Crippen molar-refractivity contribution in [3.8, 4) is 6.07 Å². The van der Waals surface area contributed by atoms with Gasteiger partial charge in [-0.3, -0.25) is 0 Å². The van der Waals surface area contributed by atoms with Crippen LogP contribution < -0.4 is 0 Å². The first-order chi connectivity index (χ1) is 13.3. The number of nitrogens with zero attached hydrogens (tertiary/aromatic N) is 6. The monoisotopic (exact) mass is 390 g/mol. The van der Waals surface area contributed by atoms with Gasteiger partial charge in [-0.25, -0.2) is 19.3 Å². The molecule has 148 valence electrons. The molecule has 1 fully saturated rings. The Morgan fingerprint density at radius 3 is 2.89 bits per heavy atom. The molecule has 3 rings (SSSR count). The van der Waals surface area contributed by atoms with E-state index in [4.69, 9.17) is 9.47 Å². The van der Waals surface area contributed by atoms with Crippen molar-refractivity contribution in [3.05, 3.63) is 24.2 Å². The van der Waals surface area contributed by atoms with Gasteiger partial charge in [-0.05, 0) is 12.1 Å². The average molecular weight is 390 g/mol. The van der Waals surface area contributed by atoms with Gasteiger partial charge >= 0.3 is 11.9 Å². The van der Waals surface area contributed by atoms with Crippen molar-refractivity contribution in [2.75, 3.05) is 21.2 Å². The highest BCUT2D eigenvalue weighted by Crippen LogP contribution is 2.41. The molecule has 1 aliphatic heterocycles. The van der Waals surface area contributed by atoms with Crippen molar-refractivity contribution in [1.29, 1.82) is 5.26 Å². The summed E-state index contributed by atoms with van der Waals surface area (Å²) in [4.78, 5) is 21.5. The second-order valence-corrected chi connectivity index (χ2v) is 6.16. The molecular weight excluding hydrogens is 372 g/mol. The van der Waals surface area contributed by atoms with Crippen molar-refractivity contribution in [1.82, 2.24) is 19.5 Å². The molecule has 12 nitrogen and oxygen atoms in total. The summed E-state index contributed by atoms with van der Waals surface area (Å²) in [5.41, 5.74) is 0.806. The Hall–Kier alpha value is -3.27. The first-order valence-corrected chi connectivity index (χ1v) is 8.08. The van der Waals surface area contributed by atoms with E-state index in [9.17, 15) is 20.3 Å². The molecule has 2 aromatic rings. The second-order valence-electron chi connectivity index (χ2n) is 6.16. The maximum absolute atomic E-state index is 11.4. The van der Waals surface area contributed by atoms with Gasteiger partial charge < -0.3 is 29.3 Å². The van der Waals surface area contributed by atoms with Crippen LogP contribution >= 0.6 is 0 Å². The standard InChI is InChI=1S/C16H18N6O6/c1-21(2)8-19-14-10-5-4-9(22(10)20-7-18-14)12-11(23)13(24)16(6-17,27-12)28-15(25)26-3/h4-5,7-8,11-13,23-24H,1-3H3/b19-8-/t11-,12-,13-,16+/m0/s1. The third-order valence-corrected chi connectivity index (χ3v) is 4.05. The predicted octanol–water partition coefficient (Wildman–Crippen LogP) is -0.253. The first kappa shape index (κ1) is 19.5. The number of aliphatic hydroxyl groups is 2. The minimum atomic E-state index is -2.43. The lowest BCUT2D eigenvalue weighted by atomic mass is 10.0. The zero-order valence-corrected chi connectivity index (χ0v) is 15.3. The van der Waals surface area contributed by atoms with E-state index in [2.05, 4.69) is 19.8 Å². The van der Waals surface area contributed by atoms with E-state index in [-0.39, 0.29) is 0 Å². The van der Waals surface area contributed by atoms with E-state index < -0.39 is 30.3 Å².